The normalized spacial score (nSPS) is 12.1. The van der Waals surface area contributed by atoms with Crippen LogP contribution in [-0.2, 0) is 14.8 Å². The highest BCUT2D eigenvalue weighted by Gasteiger charge is 2.26. The van der Waals surface area contributed by atoms with Gasteiger partial charge in [-0.05, 0) is 44.7 Å². The number of nitrogens with one attached hydrogen (secondary N) is 2. The molecule has 0 aliphatic carbocycles. The lowest BCUT2D eigenvalue weighted by atomic mass is 10.1. The van der Waals surface area contributed by atoms with E-state index in [2.05, 4.69) is 20.2 Å². The monoisotopic (exact) mass is 447 g/mol. The number of hydrogen-bond donors (Lipinski definition) is 2. The van der Waals surface area contributed by atoms with Gasteiger partial charge in [-0.1, -0.05) is 11.3 Å². The molecule has 0 aliphatic rings. The van der Waals surface area contributed by atoms with Crippen molar-refractivity contribution < 1.29 is 18.1 Å². The number of hydrogen-bond acceptors (Lipinski definition) is 10. The zero-order chi connectivity index (χ0) is 20.9. The fourth-order valence-electron chi connectivity index (χ4n) is 2.03. The summed E-state index contributed by atoms with van der Waals surface area (Å²) >= 11 is 2.29. The van der Waals surface area contributed by atoms with E-state index in [1.54, 1.807) is 27.9 Å². The standard InChI is InChI=1S/C15H21N5O5S3/c1-15(2,3)19-28(23,24)10-5-6-12(11(9-10)20(21)22)26-14-18-17-13(27-14)16-7-8-25-4/h5-6,9,19H,7-8H2,1-4H3,(H,16,17). The lowest BCUT2D eigenvalue weighted by molar-refractivity contribution is -0.388. The van der Waals surface area contributed by atoms with Crippen LogP contribution in [0.5, 0.6) is 0 Å². The van der Waals surface area contributed by atoms with Gasteiger partial charge in [0.1, 0.15) is 0 Å². The molecular weight excluding hydrogens is 426 g/mol. The molecule has 0 amide bonds. The first-order chi connectivity index (χ1) is 13.0. The Kier molecular flexibility index (Phi) is 7.33. The Morgan fingerprint density at radius 3 is 2.64 bits per heavy atom. The Morgan fingerprint density at radius 2 is 2.04 bits per heavy atom. The molecule has 0 spiro atoms. The van der Waals surface area contributed by atoms with Gasteiger partial charge < -0.3 is 10.1 Å². The van der Waals surface area contributed by atoms with Gasteiger partial charge in [0.25, 0.3) is 5.69 Å². The summed E-state index contributed by atoms with van der Waals surface area (Å²) in [5.41, 5.74) is -1.02. The molecule has 1 aromatic carbocycles. The van der Waals surface area contributed by atoms with Crippen molar-refractivity contribution in [2.45, 2.75) is 40.4 Å². The molecule has 0 fully saturated rings. The first-order valence-electron chi connectivity index (χ1n) is 8.08. The maximum atomic E-state index is 12.4. The van der Waals surface area contributed by atoms with Gasteiger partial charge in [-0.3, -0.25) is 10.1 Å². The van der Waals surface area contributed by atoms with E-state index in [1.807, 2.05) is 0 Å². The zero-order valence-electron chi connectivity index (χ0n) is 15.8. The van der Waals surface area contributed by atoms with Gasteiger partial charge in [-0.2, -0.15) is 0 Å². The Morgan fingerprint density at radius 1 is 1.32 bits per heavy atom. The maximum absolute atomic E-state index is 12.4. The predicted octanol–water partition coefficient (Wildman–Crippen LogP) is 2.73. The van der Waals surface area contributed by atoms with Crippen LogP contribution in [0.15, 0.2) is 32.3 Å². The molecule has 2 N–H and O–H groups in total. The minimum Gasteiger partial charge on any atom is -0.383 e. The maximum Gasteiger partial charge on any atom is 0.284 e. The van der Waals surface area contributed by atoms with Gasteiger partial charge in [0.05, 0.1) is 21.3 Å². The molecule has 0 radical (unpaired) electrons. The van der Waals surface area contributed by atoms with Crippen LogP contribution in [0.25, 0.3) is 0 Å². The van der Waals surface area contributed by atoms with Crippen LogP contribution in [0, 0.1) is 10.1 Å². The van der Waals surface area contributed by atoms with E-state index >= 15 is 0 Å². The van der Waals surface area contributed by atoms with E-state index in [0.29, 0.717) is 22.6 Å². The number of aromatic nitrogens is 2. The molecule has 0 aliphatic heterocycles. The van der Waals surface area contributed by atoms with Crippen LogP contribution in [0.2, 0.25) is 0 Å². The summed E-state index contributed by atoms with van der Waals surface area (Å²) in [5.74, 6) is 0. The summed E-state index contributed by atoms with van der Waals surface area (Å²) in [6.45, 7) is 6.14. The van der Waals surface area contributed by atoms with Gasteiger partial charge in [0.15, 0.2) is 4.34 Å². The number of anilines is 1. The molecule has 2 aromatic rings. The Balaban J connectivity index is 2.25. The van der Waals surface area contributed by atoms with Gasteiger partial charge >= 0.3 is 0 Å². The largest absolute Gasteiger partial charge is 0.383 e. The number of sulfonamides is 1. The third kappa shape index (κ3) is 6.38. The van der Waals surface area contributed by atoms with Crippen molar-refractivity contribution >= 4 is 43.9 Å². The molecule has 0 unspecified atom stereocenters. The highest BCUT2D eigenvalue weighted by molar-refractivity contribution is 8.01. The fourth-order valence-corrected chi connectivity index (χ4v) is 5.29. The summed E-state index contributed by atoms with van der Waals surface area (Å²) in [4.78, 5) is 11.0. The third-order valence-corrected chi connectivity index (χ3v) is 6.82. The Hall–Kier alpha value is -1.80. The summed E-state index contributed by atoms with van der Waals surface area (Å²) in [6, 6.07) is 3.79. The molecule has 1 aromatic heterocycles. The number of methoxy groups -OCH3 is 1. The molecule has 1 heterocycles. The zero-order valence-corrected chi connectivity index (χ0v) is 18.2. The molecule has 0 saturated heterocycles. The number of nitrogens with zero attached hydrogens (tertiary/aromatic N) is 3. The second-order valence-electron chi connectivity index (χ2n) is 6.64. The highest BCUT2D eigenvalue weighted by atomic mass is 32.2. The first-order valence-corrected chi connectivity index (χ1v) is 11.2. The van der Waals surface area contributed by atoms with Crippen LogP contribution in [0.3, 0.4) is 0 Å². The SMILES string of the molecule is COCCNc1nnc(Sc2ccc(S(=O)(=O)NC(C)(C)C)cc2[N+](=O)[O-])s1. The van der Waals surface area contributed by atoms with Crippen molar-refractivity contribution in [2.75, 3.05) is 25.6 Å². The highest BCUT2D eigenvalue weighted by Crippen LogP contribution is 2.38. The van der Waals surface area contributed by atoms with Gasteiger partial charge in [0.2, 0.25) is 15.2 Å². The smallest absolute Gasteiger partial charge is 0.284 e. The average Bonchev–Trinajstić information content (AvgIpc) is 3.00. The van der Waals surface area contributed by atoms with Crippen LogP contribution in [-0.4, -0.2) is 49.3 Å². The fraction of sp³-hybridized carbons (Fsp3) is 0.467. The summed E-state index contributed by atoms with van der Waals surface area (Å²) < 4.78 is 32.8. The quantitative estimate of drug-likeness (QED) is 0.338. The Labute approximate surface area is 171 Å². The topological polar surface area (TPSA) is 136 Å². The molecular formula is C15H21N5O5S3. The molecule has 28 heavy (non-hydrogen) atoms. The first kappa shape index (κ1) is 22.5. The van der Waals surface area contributed by atoms with Gasteiger partial charge in [0, 0.05) is 25.3 Å². The van der Waals surface area contributed by atoms with E-state index in [4.69, 9.17) is 4.74 Å². The average molecular weight is 448 g/mol. The minimum absolute atomic E-state index is 0.169. The second-order valence-corrected chi connectivity index (χ2v) is 10.6. The second kappa shape index (κ2) is 9.13. The molecule has 13 heteroatoms. The lowest BCUT2D eigenvalue weighted by Crippen LogP contribution is -2.40. The number of rotatable bonds is 9. The van der Waals surface area contributed by atoms with Crippen molar-refractivity contribution in [2.24, 2.45) is 0 Å². The molecule has 0 atom stereocenters. The Bertz CT molecular complexity index is 940. The van der Waals surface area contributed by atoms with Crippen molar-refractivity contribution in [3.8, 4) is 0 Å². The molecule has 2 rings (SSSR count). The van der Waals surface area contributed by atoms with Crippen LogP contribution in [0.4, 0.5) is 10.8 Å². The van der Waals surface area contributed by atoms with E-state index in [-0.39, 0.29) is 15.5 Å². The summed E-state index contributed by atoms with van der Waals surface area (Å²) in [5, 5.41) is 23.0. The summed E-state index contributed by atoms with van der Waals surface area (Å²) in [7, 11) is -2.30. The molecule has 0 bridgehead atoms. The minimum atomic E-state index is -3.88. The molecule has 0 saturated carbocycles. The van der Waals surface area contributed by atoms with Crippen molar-refractivity contribution in [3.63, 3.8) is 0 Å². The number of benzene rings is 1. The number of ether oxygens (including phenoxy) is 1. The van der Waals surface area contributed by atoms with E-state index in [9.17, 15) is 18.5 Å². The molecule has 10 nitrogen and oxygen atoms in total. The third-order valence-electron chi connectivity index (χ3n) is 3.06. The van der Waals surface area contributed by atoms with Crippen molar-refractivity contribution in [3.05, 3.63) is 28.3 Å². The van der Waals surface area contributed by atoms with E-state index in [1.165, 1.54) is 23.5 Å². The van der Waals surface area contributed by atoms with E-state index < -0.39 is 20.5 Å². The molecule has 154 valence electrons. The summed E-state index contributed by atoms with van der Waals surface area (Å²) in [6.07, 6.45) is 0. The van der Waals surface area contributed by atoms with Crippen LogP contribution < -0.4 is 10.0 Å². The van der Waals surface area contributed by atoms with Gasteiger partial charge in [-0.25, -0.2) is 13.1 Å². The van der Waals surface area contributed by atoms with E-state index in [0.717, 1.165) is 17.8 Å². The predicted molar refractivity (Wildman–Crippen MR) is 108 cm³/mol. The number of nitro groups is 1. The van der Waals surface area contributed by atoms with Gasteiger partial charge in [-0.15, -0.1) is 10.2 Å². The van der Waals surface area contributed by atoms with Crippen molar-refractivity contribution in [1.82, 2.24) is 14.9 Å². The van der Waals surface area contributed by atoms with Crippen LogP contribution in [0.1, 0.15) is 20.8 Å². The van der Waals surface area contributed by atoms with Crippen molar-refractivity contribution in [1.29, 1.82) is 0 Å². The van der Waals surface area contributed by atoms with Crippen LogP contribution >= 0.6 is 23.1 Å². The lowest BCUT2D eigenvalue weighted by Gasteiger charge is -2.20. The number of nitro benzene ring substituents is 1.